The Kier molecular flexibility index (Phi) is 2.18. The van der Waals surface area contributed by atoms with Crippen LogP contribution in [0.4, 0.5) is 0 Å². The SMILES string of the molecule is CCC1=C(C)C(C(C)C)C1. The summed E-state index contributed by atoms with van der Waals surface area (Å²) in [4.78, 5) is 0. The number of hydrogen-bond acceptors (Lipinski definition) is 0. The van der Waals surface area contributed by atoms with Gasteiger partial charge in [-0.2, -0.15) is 0 Å². The second-order valence-electron chi connectivity index (χ2n) is 3.69. The fourth-order valence-corrected chi connectivity index (χ4v) is 1.87. The molecule has 0 aliphatic heterocycles. The molecule has 0 heterocycles. The first-order valence-electron chi connectivity index (χ1n) is 4.35. The van der Waals surface area contributed by atoms with Gasteiger partial charge in [0.1, 0.15) is 0 Å². The summed E-state index contributed by atoms with van der Waals surface area (Å²) in [7, 11) is 0. The van der Waals surface area contributed by atoms with Crippen molar-refractivity contribution in [1.82, 2.24) is 0 Å². The van der Waals surface area contributed by atoms with E-state index in [4.69, 9.17) is 0 Å². The van der Waals surface area contributed by atoms with Gasteiger partial charge in [-0.15, -0.1) is 0 Å². The predicted octanol–water partition coefficient (Wildman–Crippen LogP) is 3.39. The van der Waals surface area contributed by atoms with Crippen molar-refractivity contribution in [1.29, 1.82) is 0 Å². The Hall–Kier alpha value is -0.260. The maximum atomic E-state index is 2.32. The van der Waals surface area contributed by atoms with Crippen LogP contribution >= 0.6 is 0 Å². The van der Waals surface area contributed by atoms with E-state index in [0.717, 1.165) is 11.8 Å². The highest BCUT2D eigenvalue weighted by molar-refractivity contribution is 5.26. The van der Waals surface area contributed by atoms with Crippen LogP contribution in [0.1, 0.15) is 40.5 Å². The Bertz CT molecular complexity index is 151. The zero-order valence-corrected chi connectivity index (χ0v) is 7.57. The first kappa shape index (κ1) is 7.84. The summed E-state index contributed by atoms with van der Waals surface area (Å²) in [6.45, 7) is 9.20. The summed E-state index contributed by atoms with van der Waals surface area (Å²) in [5.41, 5.74) is 3.39. The topological polar surface area (TPSA) is 0 Å². The molecule has 0 heteroatoms. The molecule has 1 atom stereocenters. The van der Waals surface area contributed by atoms with Crippen molar-refractivity contribution in [3.8, 4) is 0 Å². The normalized spacial score (nSPS) is 25.5. The summed E-state index contributed by atoms with van der Waals surface area (Å²) in [5.74, 6) is 1.77. The molecule has 0 aromatic heterocycles. The first-order chi connectivity index (χ1) is 4.66. The van der Waals surface area contributed by atoms with Crippen LogP contribution in [0.5, 0.6) is 0 Å². The van der Waals surface area contributed by atoms with Gasteiger partial charge in [0, 0.05) is 0 Å². The van der Waals surface area contributed by atoms with Crippen molar-refractivity contribution in [3.63, 3.8) is 0 Å². The highest BCUT2D eigenvalue weighted by Gasteiger charge is 2.26. The monoisotopic (exact) mass is 138 g/mol. The maximum Gasteiger partial charge on any atom is -0.0143 e. The van der Waals surface area contributed by atoms with Crippen molar-refractivity contribution in [2.24, 2.45) is 11.8 Å². The molecule has 1 aliphatic carbocycles. The van der Waals surface area contributed by atoms with Crippen LogP contribution in [-0.4, -0.2) is 0 Å². The zero-order chi connectivity index (χ0) is 7.72. The molecule has 0 amide bonds. The Morgan fingerprint density at radius 3 is 2.40 bits per heavy atom. The molecule has 0 aromatic carbocycles. The van der Waals surface area contributed by atoms with E-state index in [1.165, 1.54) is 12.8 Å². The van der Waals surface area contributed by atoms with Crippen LogP contribution < -0.4 is 0 Å². The summed E-state index contributed by atoms with van der Waals surface area (Å²) < 4.78 is 0. The summed E-state index contributed by atoms with van der Waals surface area (Å²) in [6.07, 6.45) is 2.65. The molecule has 0 radical (unpaired) electrons. The van der Waals surface area contributed by atoms with Gasteiger partial charge in [-0.05, 0) is 31.6 Å². The third-order valence-corrected chi connectivity index (χ3v) is 2.81. The Labute approximate surface area is 64.3 Å². The second kappa shape index (κ2) is 2.77. The smallest absolute Gasteiger partial charge is 0.0143 e. The molecule has 1 aliphatic rings. The van der Waals surface area contributed by atoms with Crippen molar-refractivity contribution in [3.05, 3.63) is 11.1 Å². The third-order valence-electron chi connectivity index (χ3n) is 2.81. The van der Waals surface area contributed by atoms with E-state index in [1.807, 2.05) is 0 Å². The first-order valence-corrected chi connectivity index (χ1v) is 4.35. The third kappa shape index (κ3) is 1.12. The second-order valence-corrected chi connectivity index (χ2v) is 3.69. The van der Waals surface area contributed by atoms with Gasteiger partial charge < -0.3 is 0 Å². The van der Waals surface area contributed by atoms with Crippen LogP contribution in [0, 0.1) is 11.8 Å². The number of rotatable bonds is 2. The zero-order valence-electron chi connectivity index (χ0n) is 7.57. The Morgan fingerprint density at radius 1 is 1.50 bits per heavy atom. The Morgan fingerprint density at radius 2 is 2.10 bits per heavy atom. The molecule has 0 spiro atoms. The van der Waals surface area contributed by atoms with Crippen LogP contribution in [0.2, 0.25) is 0 Å². The summed E-state index contributed by atoms with van der Waals surface area (Å²) >= 11 is 0. The lowest BCUT2D eigenvalue weighted by Gasteiger charge is -2.34. The van der Waals surface area contributed by atoms with E-state index in [-0.39, 0.29) is 0 Å². The van der Waals surface area contributed by atoms with Gasteiger partial charge in [-0.1, -0.05) is 31.9 Å². The highest BCUT2D eigenvalue weighted by atomic mass is 14.3. The van der Waals surface area contributed by atoms with Gasteiger partial charge in [0.25, 0.3) is 0 Å². The van der Waals surface area contributed by atoms with Crippen molar-refractivity contribution >= 4 is 0 Å². The summed E-state index contributed by atoms with van der Waals surface area (Å²) in [5, 5.41) is 0. The van der Waals surface area contributed by atoms with Crippen LogP contribution in [0.3, 0.4) is 0 Å². The van der Waals surface area contributed by atoms with Crippen LogP contribution in [0.15, 0.2) is 11.1 Å². The van der Waals surface area contributed by atoms with E-state index < -0.39 is 0 Å². The van der Waals surface area contributed by atoms with E-state index in [0.29, 0.717) is 0 Å². The van der Waals surface area contributed by atoms with E-state index in [9.17, 15) is 0 Å². The molecule has 58 valence electrons. The Balaban J connectivity index is 2.55. The maximum absolute atomic E-state index is 2.32. The fraction of sp³-hybridized carbons (Fsp3) is 0.800. The van der Waals surface area contributed by atoms with Gasteiger partial charge in [0.2, 0.25) is 0 Å². The largest absolute Gasteiger partial charge is 0.0707 e. The molecule has 0 saturated heterocycles. The molecule has 0 aromatic rings. The molecule has 0 nitrogen and oxygen atoms in total. The molecule has 0 saturated carbocycles. The van der Waals surface area contributed by atoms with Crippen molar-refractivity contribution in [2.45, 2.75) is 40.5 Å². The minimum atomic E-state index is 0.857. The number of allylic oxidation sites excluding steroid dienone is 2. The van der Waals surface area contributed by atoms with E-state index in [2.05, 4.69) is 27.7 Å². The predicted molar refractivity (Wildman–Crippen MR) is 45.9 cm³/mol. The van der Waals surface area contributed by atoms with Crippen molar-refractivity contribution < 1.29 is 0 Å². The average Bonchev–Trinajstić information content (AvgIpc) is 1.85. The lowest BCUT2D eigenvalue weighted by atomic mass is 9.71. The quantitative estimate of drug-likeness (QED) is 0.513. The van der Waals surface area contributed by atoms with Gasteiger partial charge in [-0.25, -0.2) is 0 Å². The standard InChI is InChI=1S/C10H18/c1-5-9-6-10(7(2)3)8(9)4/h7,10H,5-6H2,1-4H3. The van der Waals surface area contributed by atoms with Gasteiger partial charge >= 0.3 is 0 Å². The molecule has 1 unspecified atom stereocenters. The highest BCUT2D eigenvalue weighted by Crippen LogP contribution is 2.40. The molecule has 1 rings (SSSR count). The fourth-order valence-electron chi connectivity index (χ4n) is 1.87. The minimum absolute atomic E-state index is 0.857. The molecular formula is C10H18. The van der Waals surface area contributed by atoms with Gasteiger partial charge in [0.15, 0.2) is 0 Å². The van der Waals surface area contributed by atoms with Crippen molar-refractivity contribution in [2.75, 3.05) is 0 Å². The average molecular weight is 138 g/mol. The number of hydrogen-bond donors (Lipinski definition) is 0. The van der Waals surface area contributed by atoms with E-state index >= 15 is 0 Å². The molecule has 0 fully saturated rings. The van der Waals surface area contributed by atoms with Gasteiger partial charge in [-0.3, -0.25) is 0 Å². The molecular weight excluding hydrogens is 120 g/mol. The molecule has 0 bridgehead atoms. The van der Waals surface area contributed by atoms with Gasteiger partial charge in [0.05, 0.1) is 0 Å². The summed E-state index contributed by atoms with van der Waals surface area (Å²) in [6, 6.07) is 0. The van der Waals surface area contributed by atoms with E-state index in [1.54, 1.807) is 11.1 Å². The lowest BCUT2D eigenvalue weighted by molar-refractivity contribution is 0.386. The minimum Gasteiger partial charge on any atom is -0.0707 e. The van der Waals surface area contributed by atoms with Crippen LogP contribution in [0.25, 0.3) is 0 Å². The van der Waals surface area contributed by atoms with Crippen LogP contribution in [-0.2, 0) is 0 Å². The molecule has 0 N–H and O–H groups in total. The molecule has 10 heavy (non-hydrogen) atoms. The lowest BCUT2D eigenvalue weighted by Crippen LogP contribution is -2.21.